The number of para-hydroxylation sites is 1. The molecule has 0 spiro atoms. The third kappa shape index (κ3) is 3.76. The molecule has 0 bridgehead atoms. The first-order valence-corrected chi connectivity index (χ1v) is 7.56. The van der Waals surface area contributed by atoms with Gasteiger partial charge in [-0.1, -0.05) is 42.0 Å². The van der Waals surface area contributed by atoms with Crippen LogP contribution in [0.1, 0.15) is 23.9 Å². The van der Waals surface area contributed by atoms with E-state index in [-0.39, 0.29) is 11.3 Å². The zero-order valence-electron chi connectivity index (χ0n) is 13.6. The minimum Gasteiger partial charge on any atom is -0.260 e. The molecule has 0 amide bonds. The van der Waals surface area contributed by atoms with E-state index in [2.05, 4.69) is 20.5 Å². The van der Waals surface area contributed by atoms with Crippen LogP contribution in [0.3, 0.4) is 0 Å². The van der Waals surface area contributed by atoms with Gasteiger partial charge < -0.3 is 0 Å². The number of alkyl halides is 3. The molecule has 0 aliphatic heterocycles. The van der Waals surface area contributed by atoms with Crippen LogP contribution in [0.25, 0.3) is 10.9 Å². The summed E-state index contributed by atoms with van der Waals surface area (Å²) in [5.74, 6) is -1.18. The van der Waals surface area contributed by atoms with Crippen molar-refractivity contribution in [2.45, 2.75) is 20.0 Å². The molecule has 1 aromatic heterocycles. The van der Waals surface area contributed by atoms with E-state index in [0.717, 1.165) is 11.1 Å². The van der Waals surface area contributed by atoms with E-state index in [1.807, 2.05) is 31.2 Å². The number of hydrogen-bond donors (Lipinski definition) is 1. The molecule has 0 saturated carbocycles. The fourth-order valence-corrected chi connectivity index (χ4v) is 2.28. The number of nitrogens with zero attached hydrogens (tertiary/aromatic N) is 3. The van der Waals surface area contributed by atoms with Gasteiger partial charge in [-0.3, -0.25) is 5.43 Å². The Balaban J connectivity index is 2.00. The Morgan fingerprint density at radius 2 is 1.68 bits per heavy atom. The highest BCUT2D eigenvalue weighted by atomic mass is 19.4. The lowest BCUT2D eigenvalue weighted by molar-refractivity contribution is -0.144. The smallest absolute Gasteiger partial charge is 0.260 e. The van der Waals surface area contributed by atoms with E-state index in [4.69, 9.17) is 0 Å². The molecule has 7 heteroatoms. The number of aryl methyl sites for hydroxylation is 1. The molecule has 0 unspecified atom stereocenters. The number of benzene rings is 2. The second kappa shape index (κ2) is 6.51. The van der Waals surface area contributed by atoms with E-state index >= 15 is 0 Å². The van der Waals surface area contributed by atoms with E-state index in [1.54, 1.807) is 25.1 Å². The van der Waals surface area contributed by atoms with Crippen LogP contribution < -0.4 is 5.43 Å². The van der Waals surface area contributed by atoms with E-state index in [9.17, 15) is 13.2 Å². The third-order valence-electron chi connectivity index (χ3n) is 3.66. The Labute approximate surface area is 142 Å². The van der Waals surface area contributed by atoms with Crippen molar-refractivity contribution < 1.29 is 13.2 Å². The summed E-state index contributed by atoms with van der Waals surface area (Å²) in [6.45, 7) is 3.74. The maximum Gasteiger partial charge on any atom is 0.451 e. The number of hydrogen-bond acceptors (Lipinski definition) is 4. The van der Waals surface area contributed by atoms with Crippen molar-refractivity contribution in [2.24, 2.45) is 5.10 Å². The summed E-state index contributed by atoms with van der Waals surface area (Å²) >= 11 is 0. The van der Waals surface area contributed by atoms with Gasteiger partial charge in [0.05, 0.1) is 11.2 Å². The van der Waals surface area contributed by atoms with Crippen LogP contribution in [0.5, 0.6) is 0 Å². The monoisotopic (exact) mass is 344 g/mol. The van der Waals surface area contributed by atoms with Crippen molar-refractivity contribution in [2.75, 3.05) is 5.43 Å². The standard InChI is InChI=1S/C18H15F3N4/c1-11-7-9-13(10-8-11)12(2)24-25-16-14-5-3-4-6-15(14)22-17(23-16)18(19,20)21/h3-10H,1-2H3,(H,22,23,25)/b24-12+. The van der Waals surface area contributed by atoms with Gasteiger partial charge in [0.2, 0.25) is 5.82 Å². The van der Waals surface area contributed by atoms with Crippen LogP contribution in [0.2, 0.25) is 0 Å². The maximum absolute atomic E-state index is 13.0. The predicted molar refractivity (Wildman–Crippen MR) is 91.6 cm³/mol. The molecule has 128 valence electrons. The highest BCUT2D eigenvalue weighted by Crippen LogP contribution is 2.30. The van der Waals surface area contributed by atoms with Crippen molar-refractivity contribution in [3.05, 3.63) is 65.5 Å². The second-order valence-electron chi connectivity index (χ2n) is 5.59. The van der Waals surface area contributed by atoms with Crippen LogP contribution in [0.15, 0.2) is 53.6 Å². The zero-order chi connectivity index (χ0) is 18.0. The number of hydrazone groups is 1. The molecular formula is C18H15F3N4. The summed E-state index contributed by atoms with van der Waals surface area (Å²) in [6, 6.07) is 14.2. The van der Waals surface area contributed by atoms with Crippen LogP contribution in [-0.2, 0) is 6.18 Å². The van der Waals surface area contributed by atoms with E-state index in [1.165, 1.54) is 6.07 Å². The molecule has 1 heterocycles. The Bertz CT molecular complexity index is 931. The number of nitrogens with one attached hydrogen (secondary N) is 1. The van der Waals surface area contributed by atoms with Crippen molar-refractivity contribution in [3.8, 4) is 0 Å². The summed E-state index contributed by atoms with van der Waals surface area (Å²) in [5.41, 5.74) is 5.47. The van der Waals surface area contributed by atoms with Crippen molar-refractivity contribution in [1.82, 2.24) is 9.97 Å². The largest absolute Gasteiger partial charge is 0.451 e. The van der Waals surface area contributed by atoms with Crippen molar-refractivity contribution >= 4 is 22.4 Å². The van der Waals surface area contributed by atoms with Crippen LogP contribution in [-0.4, -0.2) is 15.7 Å². The Hall–Kier alpha value is -2.96. The lowest BCUT2D eigenvalue weighted by atomic mass is 10.1. The van der Waals surface area contributed by atoms with Crippen molar-refractivity contribution in [1.29, 1.82) is 0 Å². The summed E-state index contributed by atoms with van der Waals surface area (Å²) in [6.07, 6.45) is -4.63. The first-order valence-electron chi connectivity index (χ1n) is 7.56. The number of fused-ring (bicyclic) bond motifs is 1. The van der Waals surface area contributed by atoms with Gasteiger partial charge in [0, 0.05) is 5.39 Å². The lowest BCUT2D eigenvalue weighted by Crippen LogP contribution is -2.13. The van der Waals surface area contributed by atoms with Gasteiger partial charge in [-0.05, 0) is 31.5 Å². The van der Waals surface area contributed by atoms with Gasteiger partial charge in [-0.15, -0.1) is 0 Å². The van der Waals surface area contributed by atoms with Gasteiger partial charge in [0.15, 0.2) is 5.82 Å². The first-order chi connectivity index (χ1) is 11.8. The topological polar surface area (TPSA) is 50.2 Å². The van der Waals surface area contributed by atoms with Gasteiger partial charge in [0.25, 0.3) is 0 Å². The lowest BCUT2D eigenvalue weighted by Gasteiger charge is -2.10. The maximum atomic E-state index is 13.0. The molecule has 0 radical (unpaired) electrons. The number of halogens is 3. The van der Waals surface area contributed by atoms with Crippen LogP contribution in [0, 0.1) is 6.92 Å². The molecule has 0 saturated heterocycles. The fourth-order valence-electron chi connectivity index (χ4n) is 2.28. The van der Waals surface area contributed by atoms with Crippen molar-refractivity contribution in [3.63, 3.8) is 0 Å². The number of rotatable bonds is 3. The zero-order valence-corrected chi connectivity index (χ0v) is 13.6. The molecule has 2 aromatic carbocycles. The molecule has 3 rings (SSSR count). The minimum absolute atomic E-state index is 0.0180. The summed E-state index contributed by atoms with van der Waals surface area (Å²) in [5, 5.41) is 4.65. The highest BCUT2D eigenvalue weighted by Gasteiger charge is 2.35. The third-order valence-corrected chi connectivity index (χ3v) is 3.66. The van der Waals surface area contributed by atoms with Gasteiger partial charge in [-0.25, -0.2) is 9.97 Å². The van der Waals surface area contributed by atoms with Crippen LogP contribution >= 0.6 is 0 Å². The van der Waals surface area contributed by atoms with Crippen LogP contribution in [0.4, 0.5) is 19.0 Å². The predicted octanol–water partition coefficient (Wildman–Crippen LogP) is 4.79. The average molecular weight is 344 g/mol. The number of aromatic nitrogens is 2. The molecule has 4 nitrogen and oxygen atoms in total. The molecule has 0 aliphatic carbocycles. The van der Waals surface area contributed by atoms with Gasteiger partial charge in [-0.2, -0.15) is 18.3 Å². The second-order valence-corrected chi connectivity index (χ2v) is 5.59. The van der Waals surface area contributed by atoms with E-state index in [0.29, 0.717) is 11.1 Å². The Morgan fingerprint density at radius 1 is 1.00 bits per heavy atom. The quantitative estimate of drug-likeness (QED) is 0.549. The Morgan fingerprint density at radius 3 is 2.36 bits per heavy atom. The van der Waals surface area contributed by atoms with Gasteiger partial charge in [0.1, 0.15) is 0 Å². The molecule has 0 fully saturated rings. The normalized spacial score (nSPS) is 12.4. The molecule has 25 heavy (non-hydrogen) atoms. The molecule has 3 aromatic rings. The molecule has 1 N–H and O–H groups in total. The molecule has 0 aliphatic rings. The minimum atomic E-state index is -4.63. The first kappa shape index (κ1) is 16.9. The summed E-state index contributed by atoms with van der Waals surface area (Å²) in [7, 11) is 0. The molecule has 0 atom stereocenters. The summed E-state index contributed by atoms with van der Waals surface area (Å²) < 4.78 is 39.0. The fraction of sp³-hybridized carbons (Fsp3) is 0.167. The van der Waals surface area contributed by atoms with Gasteiger partial charge >= 0.3 is 6.18 Å². The van der Waals surface area contributed by atoms with E-state index < -0.39 is 12.0 Å². The summed E-state index contributed by atoms with van der Waals surface area (Å²) in [4.78, 5) is 7.18. The Kier molecular flexibility index (Phi) is 4.39. The molecular weight excluding hydrogens is 329 g/mol. The SMILES string of the molecule is C/C(=N\Nc1nc(C(F)(F)F)nc2ccccc12)c1ccc(C)cc1. The number of anilines is 1. The average Bonchev–Trinajstić information content (AvgIpc) is 2.59. The highest BCUT2D eigenvalue weighted by molar-refractivity contribution is 5.99.